The van der Waals surface area contributed by atoms with Gasteiger partial charge in [0.05, 0.1) is 7.11 Å². The monoisotopic (exact) mass is 317 g/mol. The van der Waals surface area contributed by atoms with E-state index in [-0.39, 0.29) is 0 Å². The molecule has 1 unspecified atom stereocenters. The van der Waals surface area contributed by atoms with Gasteiger partial charge in [-0.3, -0.25) is 0 Å². The van der Waals surface area contributed by atoms with Crippen LogP contribution in [-0.2, 0) is 12.8 Å². The molecule has 0 bridgehead atoms. The summed E-state index contributed by atoms with van der Waals surface area (Å²) in [5, 5.41) is 3.77. The van der Waals surface area contributed by atoms with Crippen molar-refractivity contribution in [3.05, 3.63) is 29.3 Å². The summed E-state index contributed by atoms with van der Waals surface area (Å²) in [5.74, 6) is 1.07. The molecule has 0 amide bonds. The molecule has 0 heterocycles. The Balaban J connectivity index is 1.59. The van der Waals surface area contributed by atoms with Crippen molar-refractivity contribution in [1.82, 2.24) is 5.32 Å². The van der Waals surface area contributed by atoms with E-state index < -0.39 is 0 Å². The molecule has 1 aromatic rings. The molecule has 1 N–H and O–H groups in total. The predicted octanol–water partition coefficient (Wildman–Crippen LogP) is 5.28. The topological polar surface area (TPSA) is 21.3 Å². The molecule has 0 saturated carbocycles. The summed E-state index contributed by atoms with van der Waals surface area (Å²) in [6.07, 6.45) is 14.7. The van der Waals surface area contributed by atoms with Crippen LogP contribution < -0.4 is 10.1 Å². The highest BCUT2D eigenvalue weighted by atomic mass is 16.5. The summed E-state index contributed by atoms with van der Waals surface area (Å²) >= 11 is 0. The van der Waals surface area contributed by atoms with E-state index in [1.165, 1.54) is 81.9 Å². The Morgan fingerprint density at radius 1 is 1.04 bits per heavy atom. The fraction of sp³-hybridized carbons (Fsp3) is 0.714. The number of hydrogen-bond donors (Lipinski definition) is 1. The molecule has 130 valence electrons. The highest BCUT2D eigenvalue weighted by Gasteiger charge is 2.20. The Morgan fingerprint density at radius 3 is 2.52 bits per heavy atom. The first-order valence-corrected chi connectivity index (χ1v) is 9.73. The minimum absolute atomic E-state index is 0.628. The lowest BCUT2D eigenvalue weighted by atomic mass is 9.87. The molecule has 1 aromatic carbocycles. The van der Waals surface area contributed by atoms with E-state index in [1.54, 1.807) is 7.11 Å². The zero-order chi connectivity index (χ0) is 16.3. The zero-order valence-electron chi connectivity index (χ0n) is 15.2. The van der Waals surface area contributed by atoms with Crippen LogP contribution in [0.25, 0.3) is 0 Å². The molecule has 23 heavy (non-hydrogen) atoms. The van der Waals surface area contributed by atoms with Crippen LogP contribution in [-0.4, -0.2) is 19.7 Å². The first kappa shape index (κ1) is 18.3. The van der Waals surface area contributed by atoms with Gasteiger partial charge in [0, 0.05) is 6.04 Å². The molecule has 2 heteroatoms. The number of ether oxygens (including phenoxy) is 1. The minimum atomic E-state index is 0.628. The quantitative estimate of drug-likeness (QED) is 0.560. The standard InChI is InChI=1S/C21H35NO/c1-3-4-5-6-7-8-9-10-16-22-19-15-14-18-12-11-13-21(23-2)20(18)17-19/h11-13,19,22H,3-10,14-17H2,1-2H3. The maximum absolute atomic E-state index is 5.53. The van der Waals surface area contributed by atoms with Crippen molar-refractivity contribution >= 4 is 0 Å². The van der Waals surface area contributed by atoms with Crippen LogP contribution in [0, 0.1) is 0 Å². The van der Waals surface area contributed by atoms with Crippen LogP contribution in [0.4, 0.5) is 0 Å². The van der Waals surface area contributed by atoms with Gasteiger partial charge in [0.25, 0.3) is 0 Å². The van der Waals surface area contributed by atoms with Crippen molar-refractivity contribution in [1.29, 1.82) is 0 Å². The van der Waals surface area contributed by atoms with Crippen LogP contribution in [0.15, 0.2) is 18.2 Å². The van der Waals surface area contributed by atoms with Gasteiger partial charge in [0.15, 0.2) is 0 Å². The lowest BCUT2D eigenvalue weighted by Crippen LogP contribution is -2.35. The average Bonchev–Trinajstić information content (AvgIpc) is 2.59. The fourth-order valence-electron chi connectivity index (χ4n) is 3.69. The molecule has 0 saturated heterocycles. The molecule has 2 rings (SSSR count). The SMILES string of the molecule is CCCCCCCCCCNC1CCc2cccc(OC)c2C1. The first-order valence-electron chi connectivity index (χ1n) is 9.73. The first-order chi connectivity index (χ1) is 11.3. The lowest BCUT2D eigenvalue weighted by molar-refractivity contribution is 0.392. The van der Waals surface area contributed by atoms with Gasteiger partial charge in [-0.05, 0) is 49.4 Å². The van der Waals surface area contributed by atoms with Crippen LogP contribution in [0.3, 0.4) is 0 Å². The second-order valence-electron chi connectivity index (χ2n) is 6.97. The van der Waals surface area contributed by atoms with Gasteiger partial charge in [0.2, 0.25) is 0 Å². The second kappa shape index (κ2) is 10.7. The molecule has 0 spiro atoms. The van der Waals surface area contributed by atoms with E-state index in [1.807, 2.05) is 0 Å². The van der Waals surface area contributed by atoms with E-state index in [4.69, 9.17) is 4.74 Å². The molecule has 0 aliphatic heterocycles. The van der Waals surface area contributed by atoms with E-state index >= 15 is 0 Å². The van der Waals surface area contributed by atoms with E-state index in [0.717, 1.165) is 12.2 Å². The molecule has 0 radical (unpaired) electrons. The summed E-state index contributed by atoms with van der Waals surface area (Å²) in [4.78, 5) is 0. The van der Waals surface area contributed by atoms with Gasteiger partial charge < -0.3 is 10.1 Å². The van der Waals surface area contributed by atoms with Crippen LogP contribution >= 0.6 is 0 Å². The third-order valence-electron chi connectivity index (χ3n) is 5.13. The molecule has 0 aromatic heterocycles. The van der Waals surface area contributed by atoms with Crippen LogP contribution in [0.1, 0.15) is 75.8 Å². The van der Waals surface area contributed by atoms with Crippen LogP contribution in [0.2, 0.25) is 0 Å². The highest BCUT2D eigenvalue weighted by molar-refractivity contribution is 5.42. The van der Waals surface area contributed by atoms with Gasteiger partial charge in [0.1, 0.15) is 5.75 Å². The van der Waals surface area contributed by atoms with Gasteiger partial charge in [-0.25, -0.2) is 0 Å². The third kappa shape index (κ3) is 6.18. The smallest absolute Gasteiger partial charge is 0.122 e. The lowest BCUT2D eigenvalue weighted by Gasteiger charge is -2.27. The van der Waals surface area contributed by atoms with Crippen molar-refractivity contribution < 1.29 is 4.74 Å². The van der Waals surface area contributed by atoms with E-state index in [9.17, 15) is 0 Å². The van der Waals surface area contributed by atoms with E-state index in [0.29, 0.717) is 6.04 Å². The van der Waals surface area contributed by atoms with Gasteiger partial charge >= 0.3 is 0 Å². The largest absolute Gasteiger partial charge is 0.496 e. The van der Waals surface area contributed by atoms with Gasteiger partial charge in [-0.2, -0.15) is 0 Å². The second-order valence-corrected chi connectivity index (χ2v) is 6.97. The Bertz CT molecular complexity index is 429. The number of methoxy groups -OCH3 is 1. The Labute approximate surface area is 143 Å². The van der Waals surface area contributed by atoms with Crippen LogP contribution in [0.5, 0.6) is 5.75 Å². The highest BCUT2D eigenvalue weighted by Crippen LogP contribution is 2.29. The number of aryl methyl sites for hydroxylation is 1. The average molecular weight is 318 g/mol. The Kier molecular flexibility index (Phi) is 8.52. The zero-order valence-corrected chi connectivity index (χ0v) is 15.2. The summed E-state index contributed by atoms with van der Waals surface area (Å²) in [7, 11) is 1.78. The molecular formula is C21H35NO. The number of rotatable bonds is 11. The van der Waals surface area contributed by atoms with Crippen molar-refractivity contribution in [2.24, 2.45) is 0 Å². The maximum atomic E-state index is 5.53. The molecule has 0 fully saturated rings. The number of benzene rings is 1. The van der Waals surface area contributed by atoms with Crippen molar-refractivity contribution in [2.75, 3.05) is 13.7 Å². The van der Waals surface area contributed by atoms with Crippen molar-refractivity contribution in [2.45, 2.75) is 83.6 Å². The number of hydrogen-bond acceptors (Lipinski definition) is 2. The summed E-state index contributed by atoms with van der Waals surface area (Å²) < 4.78 is 5.53. The van der Waals surface area contributed by atoms with Gasteiger partial charge in [-0.15, -0.1) is 0 Å². The van der Waals surface area contributed by atoms with Crippen molar-refractivity contribution in [3.8, 4) is 5.75 Å². The molecular weight excluding hydrogens is 282 g/mol. The minimum Gasteiger partial charge on any atom is -0.496 e. The fourth-order valence-corrected chi connectivity index (χ4v) is 3.69. The molecule has 1 atom stereocenters. The number of unbranched alkanes of at least 4 members (excludes halogenated alkanes) is 7. The predicted molar refractivity (Wildman–Crippen MR) is 99.4 cm³/mol. The molecule has 1 aliphatic rings. The van der Waals surface area contributed by atoms with E-state index in [2.05, 4.69) is 30.4 Å². The number of fused-ring (bicyclic) bond motifs is 1. The summed E-state index contributed by atoms with van der Waals surface area (Å²) in [5.41, 5.74) is 2.91. The maximum Gasteiger partial charge on any atom is 0.122 e. The van der Waals surface area contributed by atoms with Gasteiger partial charge in [-0.1, -0.05) is 64.0 Å². The number of nitrogens with one attached hydrogen (secondary N) is 1. The Hall–Kier alpha value is -1.02. The normalized spacial score (nSPS) is 17.0. The molecule has 1 aliphatic carbocycles. The summed E-state index contributed by atoms with van der Waals surface area (Å²) in [6.45, 7) is 3.45. The molecule has 2 nitrogen and oxygen atoms in total. The summed E-state index contributed by atoms with van der Waals surface area (Å²) in [6, 6.07) is 7.10. The Morgan fingerprint density at radius 2 is 1.78 bits per heavy atom. The van der Waals surface area contributed by atoms with Crippen molar-refractivity contribution in [3.63, 3.8) is 0 Å². The third-order valence-corrected chi connectivity index (χ3v) is 5.13.